The number of anilines is 2. The van der Waals surface area contributed by atoms with Gasteiger partial charge < -0.3 is 78.7 Å². The first kappa shape index (κ1) is 55.6. The van der Waals surface area contributed by atoms with Crippen molar-refractivity contribution in [1.29, 1.82) is 0 Å². The highest BCUT2D eigenvalue weighted by Gasteiger charge is 2.55. The zero-order chi connectivity index (χ0) is 53.8. The third-order valence-corrected chi connectivity index (χ3v) is 18.0. The Hall–Kier alpha value is -4.58. The molecule has 8 heterocycles. The predicted molar refractivity (Wildman–Crippen MR) is 239 cm³/mol. The number of H-pyrrole nitrogens is 2. The molecule has 0 spiro atoms. The molecule has 3 aliphatic rings. The Morgan fingerprint density at radius 3 is 2.08 bits per heavy atom. The van der Waals surface area contributed by atoms with Gasteiger partial charge in [-0.3, -0.25) is 37.7 Å². The highest BCUT2D eigenvalue weighted by Crippen LogP contribution is 2.68. The van der Waals surface area contributed by atoms with Gasteiger partial charge in [0.25, 0.3) is 16.7 Å². The molecule has 0 aromatic carbocycles. The van der Waals surface area contributed by atoms with Crippen molar-refractivity contribution in [3.8, 4) is 0 Å². The number of fused-ring (bicyclic) bond motifs is 2. The first-order valence-corrected chi connectivity index (χ1v) is 27.5. The molecule has 0 amide bonds. The first-order valence-electron chi connectivity index (χ1n) is 21.4. The Morgan fingerprint density at radius 2 is 1.43 bits per heavy atom. The van der Waals surface area contributed by atoms with Gasteiger partial charge in [0.05, 0.1) is 57.7 Å². The minimum Gasteiger partial charge on any atom is -0.778 e. The van der Waals surface area contributed by atoms with E-state index in [-0.39, 0.29) is 40.7 Å². The van der Waals surface area contributed by atoms with E-state index in [4.69, 9.17) is 43.0 Å². The number of ether oxygens (including phenoxy) is 5. The van der Waals surface area contributed by atoms with Crippen molar-refractivity contribution in [2.75, 3.05) is 58.7 Å². The molecule has 4 unspecified atom stereocenters. The number of nitrogens with one attached hydrogen (secondary N) is 3. The summed E-state index contributed by atoms with van der Waals surface area (Å²) in [6.45, 7) is -3.59. The zero-order valence-corrected chi connectivity index (χ0v) is 42.2. The lowest BCUT2D eigenvalue weighted by Gasteiger charge is -2.35. The van der Waals surface area contributed by atoms with Crippen molar-refractivity contribution in [2.24, 2.45) is 13.0 Å². The lowest BCUT2D eigenvalue weighted by atomic mass is 9.99. The molecule has 3 fully saturated rings. The number of nitrogens with two attached hydrogens (primary N) is 1. The van der Waals surface area contributed by atoms with Gasteiger partial charge in [-0.15, -0.1) is 0 Å². The third-order valence-electron chi connectivity index (χ3n) is 11.9. The Bertz CT molecular complexity index is 3260. The van der Waals surface area contributed by atoms with Crippen LogP contribution in [0.1, 0.15) is 18.7 Å². The molecular weight excluding hydrogens is 1080 g/mol. The standard InChI is InChI=1S/C34H48N12O24P4/c1-36-26-19-27(38-11-37-26)45(12-39-19)32-24(62-4)25(71(53,54)63-9-16-22(49)23(50)31(67-16)44-6-5-18(47)40-34(44)52)17(68-32)10-65-73(57,58)70-74(59,60)69-72(55,56)64-8-15-14(7-61-3)21(48)30(66-15)46-13-43(2)20-28(46)41-33(35)42-29(20)51/h5-6,11-17,21-25,30-32,48-50H,7-10H2,1-4H3,(H8-,35,36,37,38,40,41,42,47,51,52,53,54,55,56,57,58,59,60)/t14-,15-,16-,17-,21-,22-,23-,24-,25-,30-,31-,32-/m1/s1. The van der Waals surface area contributed by atoms with Crippen molar-refractivity contribution < 1.29 is 104 Å². The molecular formula is C34H48N12O24P4. The average Bonchev–Trinajstić information content (AvgIpc) is 4.12. The fourth-order valence-electron chi connectivity index (χ4n) is 8.62. The van der Waals surface area contributed by atoms with Gasteiger partial charge in [-0.1, -0.05) is 0 Å². The van der Waals surface area contributed by atoms with Crippen LogP contribution >= 0.6 is 31.1 Å². The van der Waals surface area contributed by atoms with Gasteiger partial charge in [-0.05, 0) is 0 Å². The number of methoxy groups -OCH3 is 2. The second-order valence-corrected chi connectivity index (χ2v) is 23.1. The number of nitrogens with zero attached hydrogens (tertiary/aromatic N) is 8. The minimum absolute atomic E-state index is 0.0220. The van der Waals surface area contributed by atoms with Crippen molar-refractivity contribution in [3.05, 3.63) is 62.4 Å². The van der Waals surface area contributed by atoms with Crippen LogP contribution in [0.3, 0.4) is 0 Å². The topological polar surface area (TPSA) is 496 Å². The van der Waals surface area contributed by atoms with Crippen LogP contribution in [0.15, 0.2) is 45.6 Å². The second kappa shape index (κ2) is 21.4. The number of nitrogen functional groups attached to an aromatic ring is 1. The van der Waals surface area contributed by atoms with Crippen molar-refractivity contribution in [2.45, 2.75) is 67.1 Å². The summed E-state index contributed by atoms with van der Waals surface area (Å²) in [4.78, 5) is 103. The maximum absolute atomic E-state index is 14.2. The summed E-state index contributed by atoms with van der Waals surface area (Å²) in [7, 11) is -18.2. The number of aliphatic hydroxyl groups is 3. The number of phosphoric ester groups is 2. The number of imidazole rings is 2. The van der Waals surface area contributed by atoms with E-state index in [0.29, 0.717) is 0 Å². The quantitative estimate of drug-likeness (QED) is 0.0247. The number of aryl methyl sites for hydroxylation is 1. The lowest BCUT2D eigenvalue weighted by molar-refractivity contribution is -0.646. The van der Waals surface area contributed by atoms with Crippen molar-refractivity contribution in [1.82, 2.24) is 43.6 Å². The van der Waals surface area contributed by atoms with E-state index in [1.807, 2.05) is 4.98 Å². The van der Waals surface area contributed by atoms with E-state index in [1.54, 1.807) is 0 Å². The van der Waals surface area contributed by atoms with Crippen LogP contribution in [0.25, 0.3) is 22.3 Å². The Balaban J connectivity index is 0.964. The predicted octanol–water partition coefficient (Wildman–Crippen LogP) is -4.08. The van der Waals surface area contributed by atoms with E-state index >= 15 is 0 Å². The van der Waals surface area contributed by atoms with Gasteiger partial charge in [0.15, 0.2) is 23.9 Å². The molecule has 40 heteroatoms. The summed E-state index contributed by atoms with van der Waals surface area (Å²) in [5.74, 6) is -1.08. The van der Waals surface area contributed by atoms with E-state index in [0.717, 1.165) is 30.3 Å². The number of phosphoric acid groups is 3. The first-order chi connectivity index (χ1) is 34.8. The van der Waals surface area contributed by atoms with Gasteiger partial charge in [0.1, 0.15) is 50.0 Å². The smallest absolute Gasteiger partial charge is 0.490 e. The normalized spacial score (nSPS) is 30.6. The molecule has 36 nitrogen and oxygen atoms in total. The molecule has 0 bridgehead atoms. The molecule has 5 aromatic rings. The van der Waals surface area contributed by atoms with Crippen LogP contribution < -0.4 is 37.3 Å². The molecule has 8 rings (SSSR count). The number of aromatic amines is 2. The van der Waals surface area contributed by atoms with Gasteiger partial charge >= 0.3 is 34.7 Å². The fourth-order valence-corrected chi connectivity index (χ4v) is 13.9. The third kappa shape index (κ3) is 11.3. The van der Waals surface area contributed by atoms with E-state index < -0.39 is 141 Å². The highest BCUT2D eigenvalue weighted by molar-refractivity contribution is 7.66. The molecule has 0 saturated carbocycles. The van der Waals surface area contributed by atoms with Gasteiger partial charge in [-0.25, -0.2) is 38.0 Å². The monoisotopic (exact) mass is 1130 g/mol. The number of rotatable bonds is 21. The van der Waals surface area contributed by atoms with Crippen LogP contribution in [-0.2, 0) is 71.2 Å². The van der Waals surface area contributed by atoms with Gasteiger partial charge in [0.2, 0.25) is 18.5 Å². The molecule has 408 valence electrons. The molecule has 3 saturated heterocycles. The van der Waals surface area contributed by atoms with Crippen LogP contribution in [0, 0.1) is 5.92 Å². The highest BCUT2D eigenvalue weighted by atomic mass is 31.3. The number of aromatic nitrogens is 10. The number of hydrogen-bond donors (Lipinski definition) is 10. The second-order valence-electron chi connectivity index (χ2n) is 16.5. The van der Waals surface area contributed by atoms with Crippen molar-refractivity contribution >= 4 is 65.2 Å². The van der Waals surface area contributed by atoms with Gasteiger partial charge in [0, 0.05) is 39.4 Å². The summed E-state index contributed by atoms with van der Waals surface area (Å²) in [6.07, 6.45) is -11.7. The molecule has 11 N–H and O–H groups in total. The lowest BCUT2D eigenvalue weighted by Crippen LogP contribution is -2.40. The molecule has 0 radical (unpaired) electrons. The molecule has 0 aliphatic carbocycles. The minimum atomic E-state index is -6.20. The molecule has 5 aromatic heterocycles. The van der Waals surface area contributed by atoms with Crippen molar-refractivity contribution in [3.63, 3.8) is 0 Å². The largest absolute Gasteiger partial charge is 0.778 e. The SMILES string of the molecule is CNc1ncnc2c1ncn2[C@@H]1O[C@H](COP(=O)(O)OP(=O)(O)OP(=O)(O)OC[C@H]2O[C@@H](n3c[n+](C)c4c(=O)[nH]c(N)nc43)[C@H](O)[C@@H]2COC)[C@@H](P(=O)([O-])OC[C@H]2O[C@@H](n3ccc(=O)[nH]c3=O)[C@H](O)[C@@H]2O)[C@H]1OC. The fraction of sp³-hybridized carbons (Fsp3) is 0.588. The summed E-state index contributed by atoms with van der Waals surface area (Å²) in [6, 6.07) is 0.922. The summed E-state index contributed by atoms with van der Waals surface area (Å²) in [5, 5.41) is 35.5. The summed E-state index contributed by atoms with van der Waals surface area (Å²) >= 11 is 0. The number of aliphatic hydroxyl groups excluding tert-OH is 3. The maximum Gasteiger partial charge on any atom is 0.490 e. The molecule has 74 heavy (non-hydrogen) atoms. The van der Waals surface area contributed by atoms with Crippen LogP contribution in [0.5, 0.6) is 0 Å². The van der Waals surface area contributed by atoms with Crippen LogP contribution in [0.2, 0.25) is 0 Å². The zero-order valence-electron chi connectivity index (χ0n) is 38.6. The van der Waals surface area contributed by atoms with E-state index in [9.17, 15) is 67.5 Å². The van der Waals surface area contributed by atoms with Crippen LogP contribution in [0.4, 0.5) is 11.8 Å². The Labute approximate surface area is 412 Å². The summed E-state index contributed by atoms with van der Waals surface area (Å²) in [5.41, 5.74) is 1.44. The van der Waals surface area contributed by atoms with E-state index in [1.165, 1.54) is 47.6 Å². The maximum atomic E-state index is 14.2. The van der Waals surface area contributed by atoms with Gasteiger partial charge in [-0.2, -0.15) is 18.2 Å². The summed E-state index contributed by atoms with van der Waals surface area (Å²) < 4.78 is 110. The average molecular weight is 1130 g/mol. The van der Waals surface area contributed by atoms with Crippen LogP contribution in [-0.4, -0.2) is 170 Å². The Morgan fingerprint density at radius 1 is 0.797 bits per heavy atom. The Kier molecular flexibility index (Phi) is 16.1. The molecule has 16 atom stereocenters. The molecule has 3 aliphatic heterocycles. The number of hydrogen-bond acceptors (Lipinski definition) is 27. The van der Waals surface area contributed by atoms with E-state index in [2.05, 4.69) is 38.9 Å².